The Morgan fingerprint density at radius 2 is 1.73 bits per heavy atom. The molecule has 0 spiro atoms. The molecule has 0 amide bonds. The van der Waals surface area contributed by atoms with Gasteiger partial charge in [0.05, 0.1) is 10.5 Å². The topological polar surface area (TPSA) is 126 Å². The predicted molar refractivity (Wildman–Crippen MR) is 141 cm³/mol. The van der Waals surface area contributed by atoms with Crippen LogP contribution in [0.2, 0.25) is 0 Å². The number of nitro groups is 1. The lowest BCUT2D eigenvalue weighted by Crippen LogP contribution is -2.49. The first-order chi connectivity index (χ1) is 17.6. The summed E-state index contributed by atoms with van der Waals surface area (Å²) >= 11 is 0. The molecule has 0 saturated carbocycles. The van der Waals surface area contributed by atoms with E-state index >= 15 is 0 Å². The number of aromatic nitrogens is 5. The van der Waals surface area contributed by atoms with Crippen molar-refractivity contribution in [1.29, 1.82) is 0 Å². The molecule has 2 aromatic carbocycles. The van der Waals surface area contributed by atoms with E-state index in [-0.39, 0.29) is 16.8 Å². The van der Waals surface area contributed by atoms with Crippen molar-refractivity contribution in [3.05, 3.63) is 86.0 Å². The van der Waals surface area contributed by atoms with Crippen LogP contribution in [0.25, 0.3) is 10.9 Å². The van der Waals surface area contributed by atoms with Crippen LogP contribution in [0.5, 0.6) is 0 Å². The Labute approximate surface area is 213 Å². The second kappa shape index (κ2) is 9.40. The van der Waals surface area contributed by atoms with E-state index in [9.17, 15) is 14.9 Å². The number of H-pyrrole nitrogens is 1. The molecule has 1 atom stereocenters. The summed E-state index contributed by atoms with van der Waals surface area (Å²) in [6, 6.07) is 14.1. The molecule has 11 nitrogen and oxygen atoms in total. The molecule has 11 heteroatoms. The van der Waals surface area contributed by atoms with E-state index in [0.29, 0.717) is 37.6 Å². The van der Waals surface area contributed by atoms with Gasteiger partial charge in [0.25, 0.3) is 11.2 Å². The zero-order chi connectivity index (χ0) is 26.3. The van der Waals surface area contributed by atoms with Crippen molar-refractivity contribution >= 4 is 22.3 Å². The molecule has 1 aliphatic heterocycles. The molecule has 1 saturated heterocycles. The first-order valence-corrected chi connectivity index (χ1v) is 12.3. The van der Waals surface area contributed by atoms with Gasteiger partial charge in [-0.25, -0.2) is 4.68 Å². The largest absolute Gasteiger partial charge is 0.369 e. The van der Waals surface area contributed by atoms with Crippen molar-refractivity contribution in [2.45, 2.75) is 39.3 Å². The number of aryl methyl sites for hydroxylation is 1. The van der Waals surface area contributed by atoms with Gasteiger partial charge in [0, 0.05) is 55.1 Å². The van der Waals surface area contributed by atoms with E-state index in [1.165, 1.54) is 12.1 Å². The molecule has 2 aromatic heterocycles. The molecule has 1 fully saturated rings. The molecule has 1 unspecified atom stereocenters. The number of aromatic amines is 1. The Morgan fingerprint density at radius 1 is 1.03 bits per heavy atom. The van der Waals surface area contributed by atoms with Crippen molar-refractivity contribution in [3.63, 3.8) is 0 Å². The summed E-state index contributed by atoms with van der Waals surface area (Å²) in [5.74, 6) is 0.619. The van der Waals surface area contributed by atoms with Crippen molar-refractivity contribution in [3.8, 4) is 0 Å². The van der Waals surface area contributed by atoms with Crippen LogP contribution >= 0.6 is 0 Å². The molecule has 4 aromatic rings. The lowest BCUT2D eigenvalue weighted by atomic mass is 10.0. The van der Waals surface area contributed by atoms with Crippen LogP contribution in [0.1, 0.15) is 43.8 Å². The third kappa shape index (κ3) is 4.82. The van der Waals surface area contributed by atoms with Gasteiger partial charge in [-0.3, -0.25) is 19.8 Å². The molecular formula is C26H30N8O3. The Kier molecular flexibility index (Phi) is 6.24. The Hall–Kier alpha value is -4.12. The maximum atomic E-state index is 13.4. The number of piperazine rings is 1. The smallest absolute Gasteiger partial charge is 0.269 e. The number of hydrogen-bond donors (Lipinski definition) is 1. The standard InChI is InChI=1S/C26H30N8O3/c1-17-5-10-22-18(15-17)16-21(25(35)27-22)23(24-28-29-30-33(24)26(2,3)4)32-13-11-31(12-14-32)19-6-8-20(9-7-19)34(36)37/h5-10,15-16,23H,11-14H2,1-4H3,(H,27,35). The predicted octanol–water partition coefficient (Wildman–Crippen LogP) is 3.40. The Morgan fingerprint density at radius 3 is 2.38 bits per heavy atom. The molecule has 37 heavy (non-hydrogen) atoms. The Balaban J connectivity index is 1.51. The van der Waals surface area contributed by atoms with Crippen molar-refractivity contribution < 1.29 is 4.92 Å². The van der Waals surface area contributed by atoms with Crippen molar-refractivity contribution in [1.82, 2.24) is 30.1 Å². The van der Waals surface area contributed by atoms with Crippen LogP contribution in [-0.2, 0) is 5.54 Å². The van der Waals surface area contributed by atoms with Gasteiger partial charge in [0.1, 0.15) is 6.04 Å². The summed E-state index contributed by atoms with van der Waals surface area (Å²) in [5.41, 5.74) is 2.96. The second-order valence-electron chi connectivity index (χ2n) is 10.5. The highest BCUT2D eigenvalue weighted by Crippen LogP contribution is 2.31. The van der Waals surface area contributed by atoms with E-state index in [1.54, 1.807) is 16.8 Å². The number of pyridine rings is 1. The fourth-order valence-corrected chi connectivity index (χ4v) is 4.91. The molecule has 0 bridgehead atoms. The van der Waals surface area contributed by atoms with Crippen LogP contribution in [-0.4, -0.2) is 61.2 Å². The molecule has 1 N–H and O–H groups in total. The summed E-state index contributed by atoms with van der Waals surface area (Å²) in [4.78, 5) is 31.5. The maximum absolute atomic E-state index is 13.4. The summed E-state index contributed by atoms with van der Waals surface area (Å²) in [7, 11) is 0. The number of tetrazole rings is 1. The zero-order valence-corrected chi connectivity index (χ0v) is 21.4. The molecule has 0 aliphatic carbocycles. The summed E-state index contributed by atoms with van der Waals surface area (Å²) in [5, 5.41) is 24.6. The van der Waals surface area contributed by atoms with E-state index in [2.05, 4.69) is 36.4 Å². The fourth-order valence-electron chi connectivity index (χ4n) is 4.91. The highest BCUT2D eigenvalue weighted by molar-refractivity contribution is 5.79. The Bertz CT molecular complexity index is 1500. The summed E-state index contributed by atoms with van der Waals surface area (Å²) < 4.78 is 1.79. The average Bonchev–Trinajstić information content (AvgIpc) is 3.36. The highest BCUT2D eigenvalue weighted by Gasteiger charge is 2.35. The lowest BCUT2D eigenvalue weighted by molar-refractivity contribution is -0.384. The number of nitrogens with zero attached hydrogens (tertiary/aromatic N) is 7. The van der Waals surface area contributed by atoms with E-state index in [0.717, 1.165) is 22.2 Å². The number of nitro benzene ring substituents is 1. The van der Waals surface area contributed by atoms with Gasteiger partial charge in [-0.05, 0) is 73.8 Å². The molecule has 1 aliphatic rings. The number of anilines is 1. The molecule has 0 radical (unpaired) electrons. The third-order valence-corrected chi connectivity index (χ3v) is 6.80. The van der Waals surface area contributed by atoms with Crippen molar-refractivity contribution in [2.75, 3.05) is 31.1 Å². The number of nitrogens with one attached hydrogen (secondary N) is 1. The number of rotatable bonds is 5. The number of non-ortho nitro benzene ring substituents is 1. The van der Waals surface area contributed by atoms with Crippen LogP contribution in [0.4, 0.5) is 11.4 Å². The normalized spacial score (nSPS) is 15.7. The summed E-state index contributed by atoms with van der Waals surface area (Å²) in [6.07, 6.45) is 0. The SMILES string of the molecule is Cc1ccc2[nH]c(=O)c(C(c3nnnn3C(C)(C)C)N3CCN(c4ccc([N+](=O)[O-])cc4)CC3)cc2c1. The summed E-state index contributed by atoms with van der Waals surface area (Å²) in [6.45, 7) is 10.8. The first kappa shape index (κ1) is 24.6. The monoisotopic (exact) mass is 502 g/mol. The minimum Gasteiger partial charge on any atom is -0.369 e. The zero-order valence-electron chi connectivity index (χ0n) is 21.4. The van der Waals surface area contributed by atoms with E-state index in [4.69, 9.17) is 0 Å². The van der Waals surface area contributed by atoms with Gasteiger partial charge in [-0.2, -0.15) is 0 Å². The van der Waals surface area contributed by atoms with Gasteiger partial charge in [-0.15, -0.1) is 5.10 Å². The second-order valence-corrected chi connectivity index (χ2v) is 10.5. The van der Waals surface area contributed by atoms with Gasteiger partial charge in [-0.1, -0.05) is 11.6 Å². The van der Waals surface area contributed by atoms with Gasteiger partial charge in [0.2, 0.25) is 0 Å². The quantitative estimate of drug-likeness (QED) is 0.325. The van der Waals surface area contributed by atoms with Gasteiger partial charge in [0.15, 0.2) is 5.82 Å². The molecule has 5 rings (SSSR count). The van der Waals surface area contributed by atoms with E-state index < -0.39 is 11.0 Å². The number of hydrogen-bond acceptors (Lipinski definition) is 8. The molecular weight excluding hydrogens is 472 g/mol. The highest BCUT2D eigenvalue weighted by atomic mass is 16.6. The van der Waals surface area contributed by atoms with Crippen LogP contribution in [0, 0.1) is 17.0 Å². The van der Waals surface area contributed by atoms with Crippen LogP contribution < -0.4 is 10.5 Å². The number of fused-ring (bicyclic) bond motifs is 1. The first-order valence-electron chi connectivity index (χ1n) is 12.3. The molecule has 3 heterocycles. The van der Waals surface area contributed by atoms with Gasteiger partial charge >= 0.3 is 0 Å². The lowest BCUT2D eigenvalue weighted by Gasteiger charge is -2.40. The van der Waals surface area contributed by atoms with E-state index in [1.807, 2.05) is 45.9 Å². The van der Waals surface area contributed by atoms with Crippen LogP contribution in [0.15, 0.2) is 53.3 Å². The molecule has 192 valence electrons. The van der Waals surface area contributed by atoms with Crippen LogP contribution in [0.3, 0.4) is 0 Å². The fraction of sp³-hybridized carbons (Fsp3) is 0.385. The average molecular weight is 503 g/mol. The van der Waals surface area contributed by atoms with Crippen molar-refractivity contribution in [2.24, 2.45) is 0 Å². The minimum atomic E-state index is -0.443. The van der Waals surface area contributed by atoms with Gasteiger partial charge < -0.3 is 9.88 Å². The maximum Gasteiger partial charge on any atom is 0.269 e. The third-order valence-electron chi connectivity index (χ3n) is 6.80. The number of benzene rings is 2. The minimum absolute atomic E-state index is 0.0715.